The number of aliphatic imine (C=N–C) groups is 1. The number of nitrogens with zero attached hydrogens (tertiary/aromatic N) is 1. The van der Waals surface area contributed by atoms with E-state index in [1.165, 1.54) is 12.1 Å². The molecule has 2 aromatic carbocycles. The molecule has 0 spiro atoms. The summed E-state index contributed by atoms with van der Waals surface area (Å²) in [6, 6.07) is 12.6. The van der Waals surface area contributed by atoms with Gasteiger partial charge in [0, 0.05) is 10.9 Å². The van der Waals surface area contributed by atoms with Crippen LogP contribution in [0.1, 0.15) is 19.4 Å². The summed E-state index contributed by atoms with van der Waals surface area (Å²) in [5, 5.41) is 0.330. The largest absolute Gasteiger partial charge is 0.273 e. The van der Waals surface area contributed by atoms with Crippen LogP contribution in [0, 0.1) is 5.82 Å². The minimum Gasteiger partial charge on any atom is -0.273 e. The number of rotatable bonds is 7. The maximum Gasteiger partial charge on any atom is 0.206 e. The molecule has 2 rings (SSSR count). The van der Waals surface area contributed by atoms with Crippen LogP contribution in [0.4, 0.5) is 4.39 Å². The van der Waals surface area contributed by atoms with Gasteiger partial charge in [0.25, 0.3) is 0 Å². The van der Waals surface area contributed by atoms with Crippen LogP contribution in [-0.2, 0) is 16.3 Å². The van der Waals surface area contributed by atoms with Crippen LogP contribution in [0.25, 0.3) is 0 Å². The summed E-state index contributed by atoms with van der Waals surface area (Å²) in [4.78, 5) is 4.69. The topological polar surface area (TPSA) is 46.5 Å². The van der Waals surface area contributed by atoms with Crippen molar-refractivity contribution in [2.75, 3.05) is 6.54 Å². The molecular weight excluding hydrogens is 465 g/mol. The van der Waals surface area contributed by atoms with Crippen molar-refractivity contribution in [2.24, 2.45) is 4.99 Å². The number of benzene rings is 2. The van der Waals surface area contributed by atoms with E-state index in [2.05, 4.69) is 20.9 Å². The van der Waals surface area contributed by atoms with Gasteiger partial charge < -0.3 is 0 Å². The quantitative estimate of drug-likeness (QED) is 0.352. The van der Waals surface area contributed by atoms with E-state index in [0.717, 1.165) is 15.6 Å². The maximum absolute atomic E-state index is 13.2. The van der Waals surface area contributed by atoms with Gasteiger partial charge in [-0.2, -0.15) is 0 Å². The second-order valence-electron chi connectivity index (χ2n) is 6.14. The predicted molar refractivity (Wildman–Crippen MR) is 117 cm³/mol. The first-order valence-corrected chi connectivity index (χ1v) is 11.1. The second-order valence-corrected chi connectivity index (χ2v) is 9.44. The maximum atomic E-state index is 13.2. The van der Waals surface area contributed by atoms with Gasteiger partial charge in [-0.1, -0.05) is 51.3 Å². The highest BCUT2D eigenvalue weighted by atomic mass is 79.9. The molecule has 0 fully saturated rings. The fourth-order valence-corrected chi connectivity index (χ4v) is 4.35. The normalized spacial score (nSPS) is 13.7. The lowest BCUT2D eigenvalue weighted by Crippen LogP contribution is -2.04. The van der Waals surface area contributed by atoms with Crippen molar-refractivity contribution in [1.29, 1.82) is 0 Å². The van der Waals surface area contributed by atoms with Gasteiger partial charge >= 0.3 is 0 Å². The summed E-state index contributed by atoms with van der Waals surface area (Å²) in [6.07, 6.45) is 3.46. The zero-order valence-corrected chi connectivity index (χ0v) is 18.7. The summed E-state index contributed by atoms with van der Waals surface area (Å²) in [6.45, 7) is 3.72. The third-order valence-electron chi connectivity index (χ3n) is 3.85. The first kappa shape index (κ1) is 22.5. The molecule has 0 N–H and O–H groups in total. The van der Waals surface area contributed by atoms with E-state index < -0.39 is 9.84 Å². The molecule has 7 heteroatoms. The number of sulfone groups is 1. The highest BCUT2D eigenvalue weighted by molar-refractivity contribution is 9.10. The number of hydrogen-bond acceptors (Lipinski definition) is 3. The average molecular weight is 485 g/mol. The van der Waals surface area contributed by atoms with E-state index in [-0.39, 0.29) is 22.2 Å². The lowest BCUT2D eigenvalue weighted by atomic mass is 10.1. The van der Waals surface area contributed by atoms with Gasteiger partial charge in [0.2, 0.25) is 9.84 Å². The zero-order valence-electron chi connectivity index (χ0n) is 15.5. The lowest BCUT2D eigenvalue weighted by Gasteiger charge is -2.07. The fourth-order valence-electron chi connectivity index (χ4n) is 2.44. The highest BCUT2D eigenvalue weighted by Crippen LogP contribution is 2.23. The molecule has 28 heavy (non-hydrogen) atoms. The molecule has 3 nitrogen and oxygen atoms in total. The van der Waals surface area contributed by atoms with E-state index >= 15 is 0 Å². The Bertz CT molecular complexity index is 1030. The molecule has 0 atom stereocenters. The second kappa shape index (κ2) is 10.1. The molecule has 0 unspecified atom stereocenters. The zero-order chi connectivity index (χ0) is 20.7. The van der Waals surface area contributed by atoms with Crippen molar-refractivity contribution in [2.45, 2.75) is 25.2 Å². The van der Waals surface area contributed by atoms with Gasteiger partial charge in [-0.25, -0.2) is 12.8 Å². The van der Waals surface area contributed by atoms with Crippen LogP contribution in [0.3, 0.4) is 0 Å². The Kier molecular flexibility index (Phi) is 8.16. The van der Waals surface area contributed by atoms with Crippen LogP contribution in [0.5, 0.6) is 0 Å². The molecule has 0 aromatic heterocycles. The molecule has 0 heterocycles. The Labute approximate surface area is 178 Å². The molecule has 0 aliphatic rings. The van der Waals surface area contributed by atoms with Gasteiger partial charge in [0.1, 0.15) is 11.0 Å². The number of allylic oxidation sites excluding steroid dienone is 2. The van der Waals surface area contributed by atoms with Crippen molar-refractivity contribution in [1.82, 2.24) is 0 Å². The highest BCUT2D eigenvalue weighted by Gasteiger charge is 2.18. The Hall–Kier alpha value is -1.76. The summed E-state index contributed by atoms with van der Waals surface area (Å²) in [7, 11) is -3.61. The molecular formula is C21H20BrClFNO2S. The van der Waals surface area contributed by atoms with Crippen molar-refractivity contribution in [3.05, 3.63) is 87.0 Å². The van der Waals surface area contributed by atoms with E-state index in [4.69, 9.17) is 11.6 Å². The molecule has 0 aliphatic carbocycles. The Morgan fingerprint density at radius 3 is 2.50 bits per heavy atom. The fraction of sp³-hybridized carbons (Fsp3) is 0.190. The molecule has 0 saturated heterocycles. The molecule has 148 valence electrons. The van der Waals surface area contributed by atoms with E-state index in [0.29, 0.717) is 11.6 Å². The van der Waals surface area contributed by atoms with E-state index in [1.807, 2.05) is 0 Å². The Balaban J connectivity index is 2.12. The van der Waals surface area contributed by atoms with Gasteiger partial charge in [0.15, 0.2) is 0 Å². The summed E-state index contributed by atoms with van der Waals surface area (Å²) in [5.41, 5.74) is 1.47. The Morgan fingerprint density at radius 1 is 1.21 bits per heavy atom. The van der Waals surface area contributed by atoms with Crippen molar-refractivity contribution >= 4 is 42.5 Å². The van der Waals surface area contributed by atoms with Gasteiger partial charge in [-0.15, -0.1) is 0 Å². The average Bonchev–Trinajstić information content (AvgIpc) is 2.64. The van der Waals surface area contributed by atoms with Crippen LogP contribution in [-0.4, -0.2) is 20.1 Å². The first-order valence-electron chi connectivity index (χ1n) is 8.50. The minimum atomic E-state index is -3.61. The van der Waals surface area contributed by atoms with Gasteiger partial charge in [-0.3, -0.25) is 4.99 Å². The van der Waals surface area contributed by atoms with E-state index in [1.54, 1.807) is 62.4 Å². The monoisotopic (exact) mass is 483 g/mol. The van der Waals surface area contributed by atoms with Crippen LogP contribution in [0.15, 0.2) is 85.5 Å². The predicted octanol–water partition coefficient (Wildman–Crippen LogP) is 6.09. The standard InChI is InChI=1S/C21H20BrClFNO2S/c1-3-19(28(26,27)20-9-7-17(22)8-10-20)11-15(2)14-25-21(23)13-16-5-4-6-18(24)12-16/h3-12H,13-14H2,1-2H3/b15-11-,19-3+,25-21?. The SMILES string of the molecule is C/C=C(\C=C(\C)CN=C(Cl)Cc1cccc(F)c1)S(=O)(=O)c1ccc(Br)cc1. The van der Waals surface area contributed by atoms with Crippen molar-refractivity contribution in [3.8, 4) is 0 Å². The third-order valence-corrected chi connectivity index (χ3v) is 6.50. The molecule has 0 amide bonds. The smallest absolute Gasteiger partial charge is 0.206 e. The van der Waals surface area contributed by atoms with Crippen LogP contribution >= 0.6 is 27.5 Å². The van der Waals surface area contributed by atoms with Crippen molar-refractivity contribution in [3.63, 3.8) is 0 Å². The molecule has 0 saturated carbocycles. The summed E-state index contributed by atoms with van der Waals surface area (Å²) >= 11 is 9.44. The Morgan fingerprint density at radius 2 is 1.89 bits per heavy atom. The number of halogens is 3. The van der Waals surface area contributed by atoms with Gasteiger partial charge in [-0.05, 0) is 61.9 Å². The van der Waals surface area contributed by atoms with Crippen LogP contribution in [0.2, 0.25) is 0 Å². The lowest BCUT2D eigenvalue weighted by molar-refractivity contribution is 0.602. The number of hydrogen-bond donors (Lipinski definition) is 0. The first-order chi connectivity index (χ1) is 13.2. The van der Waals surface area contributed by atoms with Crippen molar-refractivity contribution < 1.29 is 12.8 Å². The molecule has 2 aromatic rings. The third kappa shape index (κ3) is 6.40. The molecule has 0 aliphatic heterocycles. The van der Waals surface area contributed by atoms with Gasteiger partial charge in [0.05, 0.1) is 16.3 Å². The summed E-state index contributed by atoms with van der Waals surface area (Å²) < 4.78 is 39.6. The minimum absolute atomic E-state index is 0.198. The van der Waals surface area contributed by atoms with E-state index in [9.17, 15) is 12.8 Å². The molecule has 0 bridgehead atoms. The summed E-state index contributed by atoms with van der Waals surface area (Å²) in [5.74, 6) is -0.325. The molecule has 0 radical (unpaired) electrons. The van der Waals surface area contributed by atoms with Crippen LogP contribution < -0.4 is 0 Å².